The van der Waals surface area contributed by atoms with Crippen LogP contribution in [0.2, 0.25) is 0 Å². The van der Waals surface area contributed by atoms with Gasteiger partial charge in [-0.05, 0) is 24.1 Å². The van der Waals surface area contributed by atoms with Gasteiger partial charge in [-0.1, -0.05) is 12.1 Å². The van der Waals surface area contributed by atoms with Gasteiger partial charge in [0.15, 0.2) is 0 Å². The Hall–Kier alpha value is -2.98. The van der Waals surface area contributed by atoms with Gasteiger partial charge in [-0.3, -0.25) is 4.79 Å². The quantitative estimate of drug-likeness (QED) is 0.642. The molecular weight excluding hydrogens is 413 g/mol. The van der Waals surface area contributed by atoms with Crippen LogP contribution in [0.3, 0.4) is 0 Å². The lowest BCUT2D eigenvalue weighted by atomic mass is 9.88. The summed E-state index contributed by atoms with van der Waals surface area (Å²) in [5.41, 5.74) is -0.311. The molecule has 0 bridgehead atoms. The minimum absolute atomic E-state index is 0.0716. The van der Waals surface area contributed by atoms with Crippen LogP contribution in [0.15, 0.2) is 41.6 Å². The van der Waals surface area contributed by atoms with Crippen molar-refractivity contribution in [2.45, 2.75) is 12.6 Å². The Morgan fingerprint density at radius 3 is 2.61 bits per heavy atom. The molecule has 0 spiro atoms. The number of ether oxygens (including phenoxy) is 1. The maximum absolute atomic E-state index is 12.9. The number of aromatic nitrogens is 3. The molecule has 0 radical (unpaired) electrons. The molecule has 1 aliphatic rings. The van der Waals surface area contributed by atoms with Crippen LogP contribution in [-0.4, -0.2) is 46.0 Å². The number of halogens is 3. The molecule has 2 aromatic heterocycles. The van der Waals surface area contributed by atoms with E-state index in [2.05, 4.69) is 15.3 Å². The number of fused-ring (bicyclic) bond motifs is 1. The lowest BCUT2D eigenvalue weighted by Gasteiger charge is -2.25. The molecule has 0 amide bonds. The van der Waals surface area contributed by atoms with Gasteiger partial charge in [0.05, 0.1) is 30.6 Å². The number of nitrogens with one attached hydrogen (secondary N) is 1. The maximum atomic E-state index is 12.9. The van der Waals surface area contributed by atoms with Crippen LogP contribution in [-0.2, 0) is 18.0 Å². The number of benzene rings is 1. The maximum Gasteiger partial charge on any atom is 0.416 e. The summed E-state index contributed by atoms with van der Waals surface area (Å²) >= 11 is 0. The van der Waals surface area contributed by atoms with Crippen LogP contribution >= 0.6 is 0 Å². The fourth-order valence-corrected chi connectivity index (χ4v) is 3.64. The number of nitrogens with zero attached hydrogens (tertiary/aromatic N) is 3. The van der Waals surface area contributed by atoms with E-state index in [0.29, 0.717) is 48.6 Å². The third kappa shape index (κ3) is 4.00. The fraction of sp³-hybridized carbons (Fsp3) is 0.381. The van der Waals surface area contributed by atoms with Crippen LogP contribution in [0, 0.1) is 5.41 Å². The second-order valence-corrected chi connectivity index (χ2v) is 7.79. The van der Waals surface area contributed by atoms with E-state index < -0.39 is 17.2 Å². The molecule has 3 aromatic rings. The first-order valence-electron chi connectivity index (χ1n) is 9.69. The van der Waals surface area contributed by atoms with Crippen molar-refractivity contribution in [1.82, 2.24) is 14.5 Å². The summed E-state index contributed by atoms with van der Waals surface area (Å²) in [5.74, 6) is 0.305. The smallest absolute Gasteiger partial charge is 0.396 e. The Labute approximate surface area is 175 Å². The number of aliphatic hydroxyl groups is 1. The number of aliphatic hydroxyl groups excluding tert-OH is 1. The van der Waals surface area contributed by atoms with E-state index in [0.717, 1.165) is 12.1 Å². The molecule has 2 N–H and O–H groups in total. The molecule has 0 saturated carbocycles. The molecular formula is C21H21F3N4O3. The highest BCUT2D eigenvalue weighted by atomic mass is 19.4. The number of hydrogen-bond acceptors (Lipinski definition) is 6. The molecule has 1 aliphatic heterocycles. The highest BCUT2D eigenvalue weighted by Gasteiger charge is 2.34. The summed E-state index contributed by atoms with van der Waals surface area (Å²) in [5, 5.41) is 13.2. The van der Waals surface area contributed by atoms with Crippen molar-refractivity contribution in [2.24, 2.45) is 12.5 Å². The molecule has 3 heterocycles. The topological polar surface area (TPSA) is 89.3 Å². The number of alkyl halides is 3. The molecule has 1 saturated heterocycles. The second kappa shape index (κ2) is 7.93. The molecule has 7 nitrogen and oxygen atoms in total. The Kier molecular flexibility index (Phi) is 5.44. The van der Waals surface area contributed by atoms with Gasteiger partial charge in [0, 0.05) is 37.4 Å². The summed E-state index contributed by atoms with van der Waals surface area (Å²) in [6.45, 7) is 1.22. The molecule has 31 heavy (non-hydrogen) atoms. The third-order valence-corrected chi connectivity index (χ3v) is 5.62. The predicted octanol–water partition coefficient (Wildman–Crippen LogP) is 2.83. The van der Waals surface area contributed by atoms with Gasteiger partial charge in [0.25, 0.3) is 5.56 Å². The van der Waals surface area contributed by atoms with Gasteiger partial charge in [0.1, 0.15) is 11.2 Å². The normalized spacial score (nSPS) is 19.1. The van der Waals surface area contributed by atoms with E-state index >= 15 is 0 Å². The highest BCUT2D eigenvalue weighted by Crippen LogP contribution is 2.34. The van der Waals surface area contributed by atoms with Crippen molar-refractivity contribution >= 4 is 16.7 Å². The Morgan fingerprint density at radius 2 is 2.00 bits per heavy atom. The lowest BCUT2D eigenvalue weighted by Crippen LogP contribution is -2.34. The summed E-state index contributed by atoms with van der Waals surface area (Å²) in [6.07, 6.45) is -0.916. The number of aryl methyl sites for hydroxylation is 1. The number of pyridine rings is 1. The largest absolute Gasteiger partial charge is 0.416 e. The monoisotopic (exact) mass is 434 g/mol. The SMILES string of the molecule is Cn1cnc2c(-c3ccc(C(F)(F)F)cc3)cnc(NCC3(CO)CCOC3)c2c1=O. The molecule has 10 heteroatoms. The minimum atomic E-state index is -4.44. The first-order valence-corrected chi connectivity index (χ1v) is 9.69. The second-order valence-electron chi connectivity index (χ2n) is 7.79. The van der Waals surface area contributed by atoms with Gasteiger partial charge in [0.2, 0.25) is 0 Å². The van der Waals surface area contributed by atoms with E-state index in [1.807, 2.05) is 0 Å². The zero-order valence-corrected chi connectivity index (χ0v) is 16.7. The standard InChI is InChI=1S/C21H21F3N4O3/c1-28-12-27-17-15(13-2-4-14(5-3-13)21(22,23)24)8-25-18(16(17)19(28)30)26-9-20(10-29)6-7-31-11-20/h2-5,8,12,29H,6-7,9-11H2,1H3,(H,25,26). The van der Waals surface area contributed by atoms with Gasteiger partial charge in [-0.15, -0.1) is 0 Å². The van der Waals surface area contributed by atoms with Crippen molar-refractivity contribution in [2.75, 3.05) is 31.7 Å². The Bertz CT molecular complexity index is 1150. The molecule has 1 atom stereocenters. The van der Waals surface area contributed by atoms with Gasteiger partial charge in [-0.25, -0.2) is 9.97 Å². The number of hydrogen-bond donors (Lipinski definition) is 2. The van der Waals surface area contributed by atoms with E-state index in [-0.39, 0.29) is 17.6 Å². The Balaban J connectivity index is 1.77. The van der Waals surface area contributed by atoms with Crippen molar-refractivity contribution < 1.29 is 23.0 Å². The van der Waals surface area contributed by atoms with Crippen molar-refractivity contribution in [3.63, 3.8) is 0 Å². The van der Waals surface area contributed by atoms with E-state index in [1.54, 1.807) is 7.05 Å². The third-order valence-electron chi connectivity index (χ3n) is 5.62. The van der Waals surface area contributed by atoms with Gasteiger partial charge < -0.3 is 19.7 Å². The zero-order chi connectivity index (χ0) is 22.2. The molecule has 1 aromatic carbocycles. The van der Waals surface area contributed by atoms with Crippen LogP contribution in [0.4, 0.5) is 19.0 Å². The average Bonchev–Trinajstić information content (AvgIpc) is 3.23. The molecule has 4 rings (SSSR count). The fourth-order valence-electron chi connectivity index (χ4n) is 3.64. The molecule has 1 fully saturated rings. The number of anilines is 1. The van der Waals surface area contributed by atoms with E-state index in [4.69, 9.17) is 4.74 Å². The Morgan fingerprint density at radius 1 is 1.26 bits per heavy atom. The predicted molar refractivity (Wildman–Crippen MR) is 109 cm³/mol. The van der Waals surface area contributed by atoms with Gasteiger partial charge in [-0.2, -0.15) is 13.2 Å². The van der Waals surface area contributed by atoms with Crippen LogP contribution in [0.25, 0.3) is 22.0 Å². The summed E-state index contributed by atoms with van der Waals surface area (Å²) in [7, 11) is 1.56. The van der Waals surface area contributed by atoms with Crippen molar-refractivity contribution in [1.29, 1.82) is 0 Å². The number of rotatable bonds is 5. The summed E-state index contributed by atoms with van der Waals surface area (Å²) in [4.78, 5) is 21.6. The molecule has 1 unspecified atom stereocenters. The van der Waals surface area contributed by atoms with E-state index in [9.17, 15) is 23.1 Å². The minimum Gasteiger partial charge on any atom is -0.396 e. The summed E-state index contributed by atoms with van der Waals surface area (Å²) < 4.78 is 45.4. The van der Waals surface area contributed by atoms with Crippen molar-refractivity contribution in [3.8, 4) is 11.1 Å². The zero-order valence-electron chi connectivity index (χ0n) is 16.7. The molecule has 164 valence electrons. The summed E-state index contributed by atoms with van der Waals surface area (Å²) in [6, 6.07) is 4.64. The first kappa shape index (κ1) is 21.3. The van der Waals surface area contributed by atoms with E-state index in [1.165, 1.54) is 29.2 Å². The van der Waals surface area contributed by atoms with Crippen LogP contribution in [0.5, 0.6) is 0 Å². The first-order chi connectivity index (χ1) is 14.7. The van der Waals surface area contributed by atoms with Crippen molar-refractivity contribution in [3.05, 3.63) is 52.7 Å². The molecule has 0 aliphatic carbocycles. The lowest BCUT2D eigenvalue weighted by molar-refractivity contribution is -0.137. The van der Waals surface area contributed by atoms with Gasteiger partial charge >= 0.3 is 6.18 Å². The highest BCUT2D eigenvalue weighted by molar-refractivity contribution is 5.98. The van der Waals surface area contributed by atoms with Crippen LogP contribution < -0.4 is 10.9 Å². The van der Waals surface area contributed by atoms with Crippen LogP contribution in [0.1, 0.15) is 12.0 Å². The average molecular weight is 434 g/mol.